The van der Waals surface area contributed by atoms with Crippen LogP contribution in [0.15, 0.2) is 77.9 Å². The van der Waals surface area contributed by atoms with Gasteiger partial charge in [-0.3, -0.25) is 28.8 Å². The van der Waals surface area contributed by atoms with Gasteiger partial charge in [-0.2, -0.15) is 0 Å². The smallest absolute Gasteiger partial charge is 0.316 e. The number of esters is 2. The number of carbonyl (C=O) groups excluding carboxylic acids is 6. The second-order valence-electron chi connectivity index (χ2n) is 24.0. The summed E-state index contributed by atoms with van der Waals surface area (Å²) in [6.07, 6.45) is 9.70. The lowest BCUT2D eigenvalue weighted by Gasteiger charge is -2.42. The van der Waals surface area contributed by atoms with Crippen LogP contribution in [0.25, 0.3) is 0 Å². The highest BCUT2D eigenvalue weighted by Crippen LogP contribution is 2.40. The van der Waals surface area contributed by atoms with E-state index >= 15 is 0 Å². The van der Waals surface area contributed by atoms with Crippen LogP contribution >= 0.6 is 0 Å². The van der Waals surface area contributed by atoms with Gasteiger partial charge in [0.15, 0.2) is 12.1 Å². The molecule has 4 fully saturated rings. The van der Waals surface area contributed by atoms with Gasteiger partial charge in [-0.25, -0.2) is 0 Å². The van der Waals surface area contributed by atoms with Crippen LogP contribution in [0.3, 0.4) is 0 Å². The molecule has 1 aliphatic carbocycles. The van der Waals surface area contributed by atoms with Gasteiger partial charge in [0.2, 0.25) is 5.79 Å². The molecule has 6 rings (SSSR count). The third-order valence-corrected chi connectivity index (χ3v) is 17.4. The van der Waals surface area contributed by atoms with E-state index in [1.807, 2.05) is 88.4 Å². The predicted octanol–water partition coefficient (Wildman–Crippen LogP) is 8.34. The topological polar surface area (TPSA) is 220 Å². The van der Waals surface area contributed by atoms with Crippen LogP contribution in [0, 0.1) is 46.8 Å². The lowest BCUT2D eigenvalue weighted by molar-refractivity contribution is -0.265. The molecule has 15 atom stereocenters. The maximum absolute atomic E-state index is 14.4. The Morgan fingerprint density at radius 3 is 2.23 bits per heavy atom. The fourth-order valence-electron chi connectivity index (χ4n) is 12.0. The number of methoxy groups -OCH3 is 3. The van der Waals surface area contributed by atoms with Crippen molar-refractivity contribution in [2.45, 2.75) is 181 Å². The van der Waals surface area contributed by atoms with Gasteiger partial charge in [0.1, 0.15) is 35.6 Å². The number of allylic oxidation sites excluding steroid dienone is 6. The molecule has 80 heavy (non-hydrogen) atoms. The number of aliphatic hydroxyl groups is 2. The average molecular weight is 1120 g/mol. The minimum atomic E-state index is -2.40. The minimum absolute atomic E-state index is 0.00278. The summed E-state index contributed by atoms with van der Waals surface area (Å²) in [6, 6.07) is 9.52. The minimum Gasteiger partial charge on any atom is -0.461 e. The first-order valence-corrected chi connectivity index (χ1v) is 29.0. The van der Waals surface area contributed by atoms with Crippen LogP contribution in [0.5, 0.6) is 0 Å². The Morgan fingerprint density at radius 2 is 1.55 bits per heavy atom. The van der Waals surface area contributed by atoms with E-state index in [1.165, 1.54) is 12.0 Å². The zero-order valence-corrected chi connectivity index (χ0v) is 49.2. The maximum Gasteiger partial charge on any atom is 0.316 e. The van der Waals surface area contributed by atoms with E-state index < -0.39 is 108 Å². The quantitative estimate of drug-likeness (QED) is 0.135. The fourth-order valence-corrected chi connectivity index (χ4v) is 12.0. The standard InChI is InChI=1S/C63H91NO16/c1-38-19-14-12-15-20-39(2)51(73-9)33-48-26-24-44(7)63(72,80-48)57(68)58(69)64-28-18-23-47(35-64)59(70)78-52(34-49(65)40(3)30-43(6)55(67)56(75-11)54(66)42(5)29-38)41(4)31-45-25-27-50(53(32-45)74-10)79-61(71)62(8)36-76-60(77-37-62)46-21-16-13-17-22-46/h12-17,19-22,30,38,40-42,44-45,47-48,50-53,55-56,60,67,72H,18,23-29,31-37H2,1-11H3/b15-12+,19-14+,39-20?,43-30+/t38-,40-,41-,42-,44-,45+,47?,48+,50-,51+,52+,53-,55-,56+,60?,62?,63-/m1/s1. The summed E-state index contributed by atoms with van der Waals surface area (Å²) in [6.45, 7) is 14.7. The van der Waals surface area contributed by atoms with Crippen molar-refractivity contribution in [3.8, 4) is 0 Å². The molecule has 17 heteroatoms. The van der Waals surface area contributed by atoms with Crippen molar-refractivity contribution in [3.05, 3.63) is 83.5 Å². The van der Waals surface area contributed by atoms with E-state index in [4.69, 9.17) is 37.9 Å². The van der Waals surface area contributed by atoms with E-state index in [0.29, 0.717) is 69.8 Å². The molecule has 1 unspecified atom stereocenters. The van der Waals surface area contributed by atoms with Crippen LogP contribution < -0.4 is 0 Å². The van der Waals surface area contributed by atoms with E-state index in [0.717, 1.165) is 11.1 Å². The van der Waals surface area contributed by atoms with Crippen LogP contribution in [0.4, 0.5) is 0 Å². The van der Waals surface area contributed by atoms with Crippen molar-refractivity contribution in [2.24, 2.45) is 46.8 Å². The van der Waals surface area contributed by atoms with Crippen LogP contribution in [-0.4, -0.2) is 146 Å². The number of piperidine rings is 1. The number of nitrogens with zero attached hydrogens (tertiary/aromatic N) is 1. The SMILES string of the molecule is CO[C@H]1C[C@@H]2CC[C@@H](C)[C@@](O)(O2)C(=O)C(=O)N2CCCC(C2)C(=O)O[C@H]([C@H](C)C[C@@H]2CC[C@@H](OC(=O)C3(C)COC(c4ccccc4)OC3)[C@H](OC)C2)CC(=O)[C@H](C)/C=C(\C)[C@@H](O)[C@@H](OC)C(=O)[C@H](C)C[C@H](C)/C=C/C=C/C=C1C. The van der Waals surface area contributed by atoms with E-state index in [2.05, 4.69) is 0 Å². The number of ether oxygens (including phenoxy) is 8. The normalized spacial score (nSPS) is 38.2. The molecule has 1 aromatic carbocycles. The summed E-state index contributed by atoms with van der Waals surface area (Å²) < 4.78 is 48.1. The number of ketones is 3. The Balaban J connectivity index is 1.21. The van der Waals surface area contributed by atoms with Crippen molar-refractivity contribution in [1.82, 2.24) is 4.90 Å². The molecule has 3 saturated heterocycles. The summed E-state index contributed by atoms with van der Waals surface area (Å²) in [5.41, 5.74) is 1.09. The number of aliphatic hydroxyl groups excluding tert-OH is 1. The van der Waals surface area contributed by atoms with Crippen molar-refractivity contribution < 1.29 is 76.9 Å². The van der Waals surface area contributed by atoms with Gasteiger partial charge < -0.3 is 53.0 Å². The van der Waals surface area contributed by atoms with Gasteiger partial charge in [-0.05, 0) is 107 Å². The molecule has 4 bridgehead atoms. The monoisotopic (exact) mass is 1120 g/mol. The van der Waals surface area contributed by atoms with Crippen molar-refractivity contribution in [1.29, 1.82) is 0 Å². The van der Waals surface area contributed by atoms with Crippen LogP contribution in [-0.2, 0) is 66.7 Å². The number of hydrogen-bond donors (Lipinski definition) is 2. The summed E-state index contributed by atoms with van der Waals surface area (Å²) >= 11 is 0. The summed E-state index contributed by atoms with van der Waals surface area (Å²) in [5.74, 6) is -9.13. The molecule has 444 valence electrons. The third-order valence-electron chi connectivity index (χ3n) is 17.4. The zero-order chi connectivity index (χ0) is 58.5. The lowest BCUT2D eigenvalue weighted by atomic mass is 9.78. The van der Waals surface area contributed by atoms with Crippen molar-refractivity contribution in [3.63, 3.8) is 0 Å². The summed E-state index contributed by atoms with van der Waals surface area (Å²) in [5, 5.41) is 23.5. The van der Waals surface area contributed by atoms with Gasteiger partial charge in [-0.15, -0.1) is 0 Å². The molecule has 4 heterocycles. The number of benzene rings is 1. The highest BCUT2D eigenvalue weighted by atomic mass is 16.7. The molecule has 1 saturated carbocycles. The van der Waals surface area contributed by atoms with Gasteiger partial charge >= 0.3 is 11.9 Å². The largest absolute Gasteiger partial charge is 0.461 e. The molecule has 2 N–H and O–H groups in total. The molecule has 1 amide bonds. The van der Waals surface area contributed by atoms with E-state index in [9.17, 15) is 39.0 Å². The highest BCUT2D eigenvalue weighted by molar-refractivity contribution is 6.38. The first-order chi connectivity index (χ1) is 38.0. The number of rotatable bonds is 9. The van der Waals surface area contributed by atoms with Gasteiger partial charge in [-0.1, -0.05) is 101 Å². The molecular formula is C63H91NO16. The zero-order valence-electron chi connectivity index (χ0n) is 49.2. The average Bonchev–Trinajstić information content (AvgIpc) is 3.48. The molecule has 0 spiro atoms. The summed E-state index contributed by atoms with van der Waals surface area (Å²) in [4.78, 5) is 86.0. The Bertz CT molecular complexity index is 2390. The molecule has 0 radical (unpaired) electrons. The molecule has 4 aliphatic heterocycles. The van der Waals surface area contributed by atoms with Gasteiger partial charge in [0.25, 0.3) is 11.7 Å². The highest BCUT2D eigenvalue weighted by Gasteiger charge is 2.52. The second-order valence-corrected chi connectivity index (χ2v) is 24.0. The fraction of sp³-hybridized carbons (Fsp3) is 0.683. The number of hydrogen-bond acceptors (Lipinski definition) is 16. The molecule has 17 nitrogen and oxygen atoms in total. The van der Waals surface area contributed by atoms with Crippen LogP contribution in [0.2, 0.25) is 0 Å². The van der Waals surface area contributed by atoms with Crippen molar-refractivity contribution >= 4 is 35.2 Å². The summed E-state index contributed by atoms with van der Waals surface area (Å²) in [7, 11) is 4.54. The van der Waals surface area contributed by atoms with E-state index in [1.54, 1.807) is 48.0 Å². The number of cyclic esters (lactones) is 1. The van der Waals surface area contributed by atoms with E-state index in [-0.39, 0.29) is 62.0 Å². The van der Waals surface area contributed by atoms with Gasteiger partial charge in [0.05, 0.1) is 37.4 Å². The first kappa shape index (κ1) is 64.4. The lowest BCUT2D eigenvalue weighted by Crippen LogP contribution is -2.59. The predicted molar refractivity (Wildman–Crippen MR) is 298 cm³/mol. The third kappa shape index (κ3) is 16.5. The number of amides is 1. The number of carbonyl (C=O) groups is 6. The molecule has 1 aromatic rings. The first-order valence-electron chi connectivity index (χ1n) is 29.0. The number of fused-ring (bicyclic) bond motifs is 4. The van der Waals surface area contributed by atoms with Gasteiger partial charge in [0, 0.05) is 70.6 Å². The Hall–Kier alpha value is -4.72. The Labute approximate surface area is 474 Å². The maximum atomic E-state index is 14.4. The van der Waals surface area contributed by atoms with Crippen molar-refractivity contribution in [2.75, 3.05) is 47.6 Å². The number of Topliss-reactive ketones (excluding diaryl/α,β-unsaturated/α-hetero) is 3. The second kappa shape index (κ2) is 29.5. The Morgan fingerprint density at radius 1 is 0.838 bits per heavy atom. The molecule has 0 aromatic heterocycles. The van der Waals surface area contributed by atoms with Crippen LogP contribution in [0.1, 0.15) is 138 Å². The Kier molecular flexibility index (Phi) is 23.8. The molecule has 5 aliphatic rings. The molecular weight excluding hydrogens is 1030 g/mol.